The molecule has 0 saturated carbocycles. The molecule has 21 heavy (non-hydrogen) atoms. The van der Waals surface area contributed by atoms with Crippen LogP contribution in [-0.4, -0.2) is 12.5 Å². The van der Waals surface area contributed by atoms with E-state index in [9.17, 15) is 4.79 Å². The van der Waals surface area contributed by atoms with Crippen molar-refractivity contribution in [3.8, 4) is 0 Å². The monoisotopic (exact) mass is 367 g/mol. The van der Waals surface area contributed by atoms with Crippen LogP contribution in [0, 0.1) is 0 Å². The molecular weight excluding hydrogens is 354 g/mol. The lowest BCUT2D eigenvalue weighted by molar-refractivity contribution is 0.102. The molecule has 0 aliphatic rings. The molecular formula is C16H15BrClNO2. The third-order valence-corrected chi connectivity index (χ3v) is 3.72. The van der Waals surface area contributed by atoms with Crippen LogP contribution in [0.15, 0.2) is 46.9 Å². The number of anilines is 1. The van der Waals surface area contributed by atoms with E-state index in [0.717, 1.165) is 15.7 Å². The van der Waals surface area contributed by atoms with Gasteiger partial charge in [-0.1, -0.05) is 45.7 Å². The quantitative estimate of drug-likeness (QED) is 0.816. The summed E-state index contributed by atoms with van der Waals surface area (Å²) in [4.78, 5) is 12.4. The Balaban J connectivity index is 2.21. The molecule has 2 aromatic carbocycles. The largest absolute Gasteiger partial charge is 0.377 e. The van der Waals surface area contributed by atoms with Crippen LogP contribution in [0.1, 0.15) is 22.8 Å². The molecule has 0 aliphatic carbocycles. The van der Waals surface area contributed by atoms with Crippen LogP contribution in [-0.2, 0) is 11.3 Å². The average Bonchev–Trinajstić information content (AvgIpc) is 2.48. The highest BCUT2D eigenvalue weighted by Crippen LogP contribution is 2.23. The lowest BCUT2D eigenvalue weighted by Gasteiger charge is -2.12. The first kappa shape index (κ1) is 16.0. The molecule has 1 amide bonds. The molecule has 2 rings (SSSR count). The Kier molecular flexibility index (Phi) is 5.79. The van der Waals surface area contributed by atoms with Gasteiger partial charge in [0.25, 0.3) is 5.91 Å². The van der Waals surface area contributed by atoms with Gasteiger partial charge in [-0.15, -0.1) is 0 Å². The number of halogens is 2. The summed E-state index contributed by atoms with van der Waals surface area (Å²) in [7, 11) is 0. The molecule has 3 nitrogen and oxygen atoms in total. The molecule has 0 aromatic heterocycles. The van der Waals surface area contributed by atoms with E-state index in [1.54, 1.807) is 18.2 Å². The van der Waals surface area contributed by atoms with Crippen LogP contribution in [0.4, 0.5) is 5.69 Å². The molecule has 0 atom stereocenters. The van der Waals surface area contributed by atoms with E-state index < -0.39 is 0 Å². The minimum absolute atomic E-state index is 0.245. The highest BCUT2D eigenvalue weighted by molar-refractivity contribution is 9.10. The Morgan fingerprint density at radius 3 is 2.81 bits per heavy atom. The van der Waals surface area contributed by atoms with Gasteiger partial charge in [-0.05, 0) is 31.2 Å². The Hall–Kier alpha value is -1.36. The van der Waals surface area contributed by atoms with Gasteiger partial charge in [0.2, 0.25) is 0 Å². The molecule has 0 heterocycles. The van der Waals surface area contributed by atoms with E-state index in [4.69, 9.17) is 16.3 Å². The van der Waals surface area contributed by atoms with E-state index in [1.165, 1.54) is 0 Å². The van der Waals surface area contributed by atoms with Gasteiger partial charge in [-0.2, -0.15) is 0 Å². The smallest absolute Gasteiger partial charge is 0.257 e. The molecule has 0 bridgehead atoms. The van der Waals surface area contributed by atoms with Gasteiger partial charge in [0.05, 0.1) is 17.2 Å². The maximum absolute atomic E-state index is 12.4. The minimum atomic E-state index is -0.245. The van der Waals surface area contributed by atoms with Crippen molar-refractivity contribution >= 4 is 39.1 Å². The van der Waals surface area contributed by atoms with Crippen molar-refractivity contribution in [2.45, 2.75) is 13.5 Å². The second-order valence-electron chi connectivity index (χ2n) is 4.37. The fraction of sp³-hybridized carbons (Fsp3) is 0.188. The van der Waals surface area contributed by atoms with Gasteiger partial charge in [-0.25, -0.2) is 0 Å². The van der Waals surface area contributed by atoms with Crippen molar-refractivity contribution in [1.82, 2.24) is 0 Å². The summed E-state index contributed by atoms with van der Waals surface area (Å²) >= 11 is 9.41. The van der Waals surface area contributed by atoms with E-state index >= 15 is 0 Å². The summed E-state index contributed by atoms with van der Waals surface area (Å²) in [5.74, 6) is -0.245. The number of ether oxygens (including phenoxy) is 1. The number of amides is 1. The van der Waals surface area contributed by atoms with E-state index in [1.807, 2.05) is 31.2 Å². The summed E-state index contributed by atoms with van der Waals surface area (Å²) < 4.78 is 6.21. The first-order chi connectivity index (χ1) is 10.1. The van der Waals surface area contributed by atoms with Gasteiger partial charge in [0.1, 0.15) is 0 Å². The van der Waals surface area contributed by atoms with Crippen molar-refractivity contribution in [2.24, 2.45) is 0 Å². The van der Waals surface area contributed by atoms with E-state index in [2.05, 4.69) is 21.2 Å². The van der Waals surface area contributed by atoms with Crippen molar-refractivity contribution in [3.63, 3.8) is 0 Å². The molecule has 0 saturated heterocycles. The van der Waals surface area contributed by atoms with E-state index in [-0.39, 0.29) is 5.91 Å². The van der Waals surface area contributed by atoms with Gasteiger partial charge in [0.15, 0.2) is 0 Å². The summed E-state index contributed by atoms with van der Waals surface area (Å²) in [6.45, 7) is 3.02. The molecule has 2 aromatic rings. The third-order valence-electron chi connectivity index (χ3n) is 2.90. The normalized spacial score (nSPS) is 10.4. The zero-order chi connectivity index (χ0) is 15.2. The van der Waals surface area contributed by atoms with Gasteiger partial charge < -0.3 is 10.1 Å². The standard InChI is InChI=1S/C16H15BrClNO2/c1-2-21-10-11-5-3-4-6-15(11)19-16(20)13-9-12(17)7-8-14(13)18/h3-9H,2,10H2,1H3,(H,19,20). The number of rotatable bonds is 5. The summed E-state index contributed by atoms with van der Waals surface area (Å²) in [6.07, 6.45) is 0. The zero-order valence-corrected chi connectivity index (χ0v) is 13.9. The average molecular weight is 369 g/mol. The maximum atomic E-state index is 12.4. The predicted octanol–water partition coefficient (Wildman–Crippen LogP) is 4.89. The van der Waals surface area contributed by atoms with Crippen LogP contribution >= 0.6 is 27.5 Å². The zero-order valence-electron chi connectivity index (χ0n) is 11.5. The van der Waals surface area contributed by atoms with Gasteiger partial charge in [-0.3, -0.25) is 4.79 Å². The first-order valence-electron chi connectivity index (χ1n) is 6.54. The second kappa shape index (κ2) is 7.59. The Labute approximate surface area is 137 Å². The van der Waals surface area contributed by atoms with Crippen molar-refractivity contribution in [2.75, 3.05) is 11.9 Å². The van der Waals surface area contributed by atoms with Crippen molar-refractivity contribution < 1.29 is 9.53 Å². The first-order valence-corrected chi connectivity index (χ1v) is 7.71. The molecule has 5 heteroatoms. The SMILES string of the molecule is CCOCc1ccccc1NC(=O)c1cc(Br)ccc1Cl. The van der Waals surface area contributed by atoms with Crippen LogP contribution in [0.2, 0.25) is 5.02 Å². The highest BCUT2D eigenvalue weighted by Gasteiger charge is 2.12. The van der Waals surface area contributed by atoms with Crippen LogP contribution in [0.3, 0.4) is 0 Å². The number of hydrogen-bond donors (Lipinski definition) is 1. The number of benzene rings is 2. The number of carbonyl (C=O) groups is 1. The predicted molar refractivity (Wildman–Crippen MR) is 88.9 cm³/mol. The lowest BCUT2D eigenvalue weighted by atomic mass is 10.1. The molecule has 0 unspecified atom stereocenters. The molecule has 0 radical (unpaired) electrons. The summed E-state index contributed by atoms with van der Waals surface area (Å²) in [5, 5.41) is 3.29. The molecule has 0 spiro atoms. The van der Waals surface area contributed by atoms with Crippen molar-refractivity contribution in [1.29, 1.82) is 0 Å². The number of para-hydroxylation sites is 1. The topological polar surface area (TPSA) is 38.3 Å². The second-order valence-corrected chi connectivity index (χ2v) is 5.70. The van der Waals surface area contributed by atoms with Gasteiger partial charge in [0, 0.05) is 22.3 Å². The number of carbonyl (C=O) groups excluding carboxylic acids is 1. The van der Waals surface area contributed by atoms with Crippen molar-refractivity contribution in [3.05, 3.63) is 63.1 Å². The fourth-order valence-corrected chi connectivity index (χ4v) is 2.41. The maximum Gasteiger partial charge on any atom is 0.257 e. The number of nitrogens with one attached hydrogen (secondary N) is 1. The summed E-state index contributed by atoms with van der Waals surface area (Å²) in [6, 6.07) is 12.7. The molecule has 0 fully saturated rings. The third kappa shape index (κ3) is 4.30. The van der Waals surface area contributed by atoms with Gasteiger partial charge >= 0.3 is 0 Å². The highest BCUT2D eigenvalue weighted by atomic mass is 79.9. The molecule has 110 valence electrons. The molecule has 0 aliphatic heterocycles. The Morgan fingerprint density at radius 2 is 2.05 bits per heavy atom. The molecule has 1 N–H and O–H groups in total. The number of hydrogen-bond acceptors (Lipinski definition) is 2. The van der Waals surface area contributed by atoms with E-state index in [0.29, 0.717) is 23.8 Å². The van der Waals surface area contributed by atoms with Crippen LogP contribution in [0.5, 0.6) is 0 Å². The summed E-state index contributed by atoms with van der Waals surface area (Å²) in [5.41, 5.74) is 2.09. The van der Waals surface area contributed by atoms with Crippen LogP contribution < -0.4 is 5.32 Å². The minimum Gasteiger partial charge on any atom is -0.377 e. The Bertz CT molecular complexity index is 646. The Morgan fingerprint density at radius 1 is 1.29 bits per heavy atom. The van der Waals surface area contributed by atoms with Crippen LogP contribution in [0.25, 0.3) is 0 Å². The lowest BCUT2D eigenvalue weighted by Crippen LogP contribution is -2.14. The fourth-order valence-electron chi connectivity index (χ4n) is 1.84.